The summed E-state index contributed by atoms with van der Waals surface area (Å²) in [5.74, 6) is 0.0977. The van der Waals surface area contributed by atoms with Crippen LogP contribution in [0.3, 0.4) is 0 Å². The molecular weight excluding hydrogens is 199 g/mol. The smallest absolute Gasteiger partial charge is 0.149 e. The zero-order valence-corrected chi connectivity index (χ0v) is 8.14. The van der Waals surface area contributed by atoms with Crippen LogP contribution in [-0.2, 0) is 4.84 Å². The first-order valence-electron chi connectivity index (χ1n) is 4.51. The number of aromatic hydroxyl groups is 1. The molecule has 3 N–H and O–H groups in total. The van der Waals surface area contributed by atoms with E-state index in [1.807, 2.05) is 0 Å². The first kappa shape index (κ1) is 11.5. The number of halogens is 1. The monoisotopic (exact) mass is 212 g/mol. The second-order valence-corrected chi connectivity index (χ2v) is 2.92. The number of oxime groups is 1. The molecule has 0 saturated heterocycles. The third-order valence-electron chi connectivity index (χ3n) is 1.71. The fourth-order valence-corrected chi connectivity index (χ4v) is 0.883. The topological polar surface area (TPSA) is 67.8 Å². The first-order valence-corrected chi connectivity index (χ1v) is 4.51. The summed E-state index contributed by atoms with van der Waals surface area (Å²) in [7, 11) is 0. The molecule has 0 fully saturated rings. The summed E-state index contributed by atoms with van der Waals surface area (Å²) < 4.78 is 12.6. The van der Waals surface area contributed by atoms with Crippen molar-refractivity contribution < 1.29 is 14.3 Å². The largest absolute Gasteiger partial charge is 0.507 e. The molecule has 0 aromatic heterocycles. The molecule has 1 aromatic carbocycles. The highest BCUT2D eigenvalue weighted by atomic mass is 19.1. The predicted molar refractivity (Wildman–Crippen MR) is 55.6 cm³/mol. The van der Waals surface area contributed by atoms with E-state index in [0.717, 1.165) is 0 Å². The van der Waals surface area contributed by atoms with Gasteiger partial charge < -0.3 is 15.7 Å². The van der Waals surface area contributed by atoms with Gasteiger partial charge in [0.2, 0.25) is 0 Å². The minimum absolute atomic E-state index is 0.0912. The lowest BCUT2D eigenvalue weighted by molar-refractivity contribution is 0.0910. The lowest BCUT2D eigenvalue weighted by Crippen LogP contribution is -2.19. The predicted octanol–water partition coefficient (Wildman–Crippen LogP) is 1.04. The van der Waals surface area contributed by atoms with Crippen molar-refractivity contribution >= 4 is 6.21 Å². The summed E-state index contributed by atoms with van der Waals surface area (Å²) in [6, 6.07) is 6.63. The molecule has 0 amide bonds. The maximum absolute atomic E-state index is 12.6. The van der Waals surface area contributed by atoms with E-state index in [-0.39, 0.29) is 18.9 Å². The van der Waals surface area contributed by atoms with Crippen molar-refractivity contribution in [2.75, 3.05) is 13.2 Å². The zero-order chi connectivity index (χ0) is 11.1. The van der Waals surface area contributed by atoms with E-state index in [9.17, 15) is 9.50 Å². The third kappa shape index (κ3) is 3.95. The molecule has 1 atom stereocenters. The Hall–Kier alpha value is -1.62. The minimum atomic E-state index is -1.22. The summed E-state index contributed by atoms with van der Waals surface area (Å²) in [6.45, 7) is -0.271. The number of hydrogen-bond acceptors (Lipinski definition) is 4. The average molecular weight is 212 g/mol. The van der Waals surface area contributed by atoms with Gasteiger partial charge >= 0.3 is 0 Å². The molecule has 82 valence electrons. The number of para-hydroxylation sites is 1. The van der Waals surface area contributed by atoms with Crippen molar-refractivity contribution in [2.45, 2.75) is 6.17 Å². The van der Waals surface area contributed by atoms with Crippen molar-refractivity contribution in [3.63, 3.8) is 0 Å². The lowest BCUT2D eigenvalue weighted by atomic mass is 10.2. The van der Waals surface area contributed by atoms with Gasteiger partial charge in [0.05, 0.1) is 6.21 Å². The average Bonchev–Trinajstić information content (AvgIpc) is 2.26. The summed E-state index contributed by atoms with van der Waals surface area (Å²) in [5, 5.41) is 12.8. The molecule has 4 nitrogen and oxygen atoms in total. The highest BCUT2D eigenvalue weighted by Gasteiger charge is 2.02. The van der Waals surface area contributed by atoms with Crippen LogP contribution in [0.15, 0.2) is 29.4 Å². The molecule has 5 heteroatoms. The van der Waals surface area contributed by atoms with Crippen LogP contribution in [-0.4, -0.2) is 30.6 Å². The summed E-state index contributed by atoms with van der Waals surface area (Å²) in [6.07, 6.45) is 0.102. The van der Waals surface area contributed by atoms with E-state index in [0.29, 0.717) is 5.56 Å². The Balaban J connectivity index is 2.42. The molecular formula is C10H13FN2O2. The van der Waals surface area contributed by atoms with E-state index in [1.165, 1.54) is 12.3 Å². The molecule has 1 aromatic rings. The number of phenolic OH excluding ortho intramolecular Hbond substituents is 1. The fraction of sp³-hybridized carbons (Fsp3) is 0.300. The maximum Gasteiger partial charge on any atom is 0.149 e. The molecule has 15 heavy (non-hydrogen) atoms. The van der Waals surface area contributed by atoms with E-state index in [1.54, 1.807) is 18.2 Å². The molecule has 1 unspecified atom stereocenters. The van der Waals surface area contributed by atoms with Gasteiger partial charge in [-0.15, -0.1) is 0 Å². The van der Waals surface area contributed by atoms with Gasteiger partial charge in [-0.2, -0.15) is 0 Å². The summed E-state index contributed by atoms with van der Waals surface area (Å²) in [4.78, 5) is 4.65. The van der Waals surface area contributed by atoms with Crippen LogP contribution >= 0.6 is 0 Å². The van der Waals surface area contributed by atoms with Crippen molar-refractivity contribution in [3.8, 4) is 5.75 Å². The molecule has 0 aliphatic carbocycles. The van der Waals surface area contributed by atoms with Crippen molar-refractivity contribution in [1.82, 2.24) is 0 Å². The molecule has 0 radical (unpaired) electrons. The normalized spacial score (nSPS) is 12.9. The van der Waals surface area contributed by atoms with E-state index in [4.69, 9.17) is 5.73 Å². The van der Waals surface area contributed by atoms with Crippen molar-refractivity contribution in [1.29, 1.82) is 0 Å². The maximum atomic E-state index is 12.6. The number of rotatable bonds is 5. The van der Waals surface area contributed by atoms with Crippen LogP contribution in [0.1, 0.15) is 5.56 Å². The van der Waals surface area contributed by atoms with Crippen molar-refractivity contribution in [3.05, 3.63) is 29.8 Å². The van der Waals surface area contributed by atoms with Gasteiger partial charge in [0.1, 0.15) is 18.5 Å². The lowest BCUT2D eigenvalue weighted by Gasteiger charge is -2.02. The van der Waals surface area contributed by atoms with Gasteiger partial charge in [-0.25, -0.2) is 4.39 Å². The minimum Gasteiger partial charge on any atom is -0.507 e. The number of phenols is 1. The van der Waals surface area contributed by atoms with Gasteiger partial charge in [0, 0.05) is 12.1 Å². The summed E-state index contributed by atoms with van der Waals surface area (Å²) in [5.41, 5.74) is 5.56. The molecule has 0 aliphatic rings. The number of benzene rings is 1. The quantitative estimate of drug-likeness (QED) is 0.566. The molecule has 1 rings (SSSR count). The van der Waals surface area contributed by atoms with Crippen LogP contribution in [0.2, 0.25) is 0 Å². The standard InChI is InChI=1S/C10H13FN2O2/c11-9(5-12)7-15-13-6-8-3-1-2-4-10(8)14/h1-4,6,9,14H,5,7,12H2. The molecule has 0 aliphatic heterocycles. The zero-order valence-electron chi connectivity index (χ0n) is 8.14. The Morgan fingerprint density at radius 2 is 2.27 bits per heavy atom. The van der Waals surface area contributed by atoms with Crippen molar-refractivity contribution in [2.24, 2.45) is 10.9 Å². The Labute approximate surface area is 87.2 Å². The fourth-order valence-electron chi connectivity index (χ4n) is 0.883. The van der Waals surface area contributed by atoms with Crippen LogP contribution in [0.4, 0.5) is 4.39 Å². The van der Waals surface area contributed by atoms with Crippen LogP contribution in [0, 0.1) is 0 Å². The van der Waals surface area contributed by atoms with Gasteiger partial charge in [0.15, 0.2) is 0 Å². The van der Waals surface area contributed by atoms with Gasteiger partial charge in [-0.3, -0.25) is 0 Å². The second-order valence-electron chi connectivity index (χ2n) is 2.92. The molecule has 0 saturated carbocycles. The number of nitrogens with two attached hydrogens (primary N) is 1. The van der Waals surface area contributed by atoms with Gasteiger partial charge in [-0.1, -0.05) is 17.3 Å². The Morgan fingerprint density at radius 3 is 2.93 bits per heavy atom. The van der Waals surface area contributed by atoms with Crippen LogP contribution in [0.25, 0.3) is 0 Å². The number of hydrogen-bond donors (Lipinski definition) is 2. The number of nitrogens with zero attached hydrogens (tertiary/aromatic N) is 1. The first-order chi connectivity index (χ1) is 7.24. The van der Waals surface area contributed by atoms with E-state index >= 15 is 0 Å². The third-order valence-corrected chi connectivity index (χ3v) is 1.71. The molecule has 0 spiro atoms. The van der Waals surface area contributed by atoms with Crippen LogP contribution in [0.5, 0.6) is 5.75 Å². The Morgan fingerprint density at radius 1 is 1.53 bits per heavy atom. The highest BCUT2D eigenvalue weighted by Crippen LogP contribution is 2.12. The van der Waals surface area contributed by atoms with Gasteiger partial charge in [-0.05, 0) is 12.1 Å². The van der Waals surface area contributed by atoms with Gasteiger partial charge in [0.25, 0.3) is 0 Å². The highest BCUT2D eigenvalue weighted by molar-refractivity contribution is 5.82. The Kier molecular flexibility index (Phi) is 4.56. The van der Waals surface area contributed by atoms with E-state index in [2.05, 4.69) is 9.99 Å². The molecule has 0 heterocycles. The summed E-state index contributed by atoms with van der Waals surface area (Å²) >= 11 is 0. The molecule has 0 bridgehead atoms. The Bertz CT molecular complexity index is 331. The van der Waals surface area contributed by atoms with Crippen LogP contribution < -0.4 is 5.73 Å². The second kappa shape index (κ2) is 5.98. The SMILES string of the molecule is NCC(F)CON=Cc1ccccc1O. The number of alkyl halides is 1. The van der Waals surface area contributed by atoms with E-state index < -0.39 is 6.17 Å².